The lowest BCUT2D eigenvalue weighted by Gasteiger charge is -2.12. The van der Waals surface area contributed by atoms with Gasteiger partial charge in [-0.2, -0.15) is 0 Å². The highest BCUT2D eigenvalue weighted by atomic mass is 79.9. The van der Waals surface area contributed by atoms with E-state index >= 15 is 0 Å². The summed E-state index contributed by atoms with van der Waals surface area (Å²) in [5.74, 6) is -0.0865. The predicted molar refractivity (Wildman–Crippen MR) is 77.0 cm³/mol. The Hall–Kier alpha value is -1.44. The van der Waals surface area contributed by atoms with Crippen molar-refractivity contribution >= 4 is 31.8 Å². The summed E-state index contributed by atoms with van der Waals surface area (Å²) in [5, 5.41) is 5.21. The quantitative estimate of drug-likeness (QED) is 0.886. The number of primary sulfonamides is 1. The number of halogens is 1. The summed E-state index contributed by atoms with van der Waals surface area (Å²) in [4.78, 5) is 3.70. The average Bonchev–Trinajstić information content (AvgIpc) is 2.33. The fourth-order valence-corrected chi connectivity index (χ4v) is 3.25. The summed E-state index contributed by atoms with van der Waals surface area (Å²) in [5.41, 5.74) is 7.11. The molecule has 1 aromatic carbocycles. The van der Waals surface area contributed by atoms with E-state index in [2.05, 4.69) is 20.9 Å². The maximum absolute atomic E-state index is 11.7. The van der Waals surface area contributed by atoms with Crippen LogP contribution in [0.3, 0.4) is 0 Å². The largest absolute Gasteiger partial charge is 0.383 e. The first-order chi connectivity index (χ1) is 8.89. The molecule has 2 rings (SSSR count). The number of rotatable bonds is 3. The van der Waals surface area contributed by atoms with Gasteiger partial charge in [-0.3, -0.25) is 0 Å². The molecule has 0 unspecified atom stereocenters. The van der Waals surface area contributed by atoms with Crippen LogP contribution in [0.4, 0.5) is 5.82 Å². The third-order valence-electron chi connectivity index (χ3n) is 2.62. The highest BCUT2D eigenvalue weighted by Crippen LogP contribution is 2.29. The average molecular weight is 342 g/mol. The lowest BCUT2D eigenvalue weighted by molar-refractivity contribution is 0.597. The van der Waals surface area contributed by atoms with Gasteiger partial charge < -0.3 is 5.73 Å². The van der Waals surface area contributed by atoms with Crippen molar-refractivity contribution in [1.82, 2.24) is 4.98 Å². The zero-order chi connectivity index (χ0) is 14.0. The van der Waals surface area contributed by atoms with Gasteiger partial charge in [0.15, 0.2) is 0 Å². The van der Waals surface area contributed by atoms with E-state index in [9.17, 15) is 8.42 Å². The molecule has 0 aliphatic carbocycles. The van der Waals surface area contributed by atoms with E-state index < -0.39 is 10.0 Å². The van der Waals surface area contributed by atoms with Gasteiger partial charge in [-0.15, -0.1) is 0 Å². The minimum absolute atomic E-state index is 0.0865. The van der Waals surface area contributed by atoms with E-state index in [0.29, 0.717) is 16.5 Å². The molecule has 0 fully saturated rings. The summed E-state index contributed by atoms with van der Waals surface area (Å²) in [6.45, 7) is 0. The molecule has 0 bridgehead atoms. The number of pyridine rings is 1. The molecular weight excluding hydrogens is 330 g/mol. The minimum atomic E-state index is -3.92. The normalized spacial score (nSPS) is 11.5. The zero-order valence-electron chi connectivity index (χ0n) is 9.88. The first-order valence-corrected chi connectivity index (χ1v) is 7.73. The summed E-state index contributed by atoms with van der Waals surface area (Å²) in [6, 6.07) is 9.45. The molecule has 19 heavy (non-hydrogen) atoms. The van der Waals surface area contributed by atoms with Crippen LogP contribution < -0.4 is 10.9 Å². The number of nitrogens with two attached hydrogens (primary N) is 2. The zero-order valence-corrected chi connectivity index (χ0v) is 12.3. The Morgan fingerprint density at radius 3 is 2.42 bits per heavy atom. The van der Waals surface area contributed by atoms with E-state index in [-0.39, 0.29) is 10.7 Å². The summed E-state index contributed by atoms with van der Waals surface area (Å²) < 4.78 is 23.9. The van der Waals surface area contributed by atoms with E-state index in [1.165, 1.54) is 6.20 Å². The fourth-order valence-electron chi connectivity index (χ4n) is 1.81. The summed E-state index contributed by atoms with van der Waals surface area (Å²) in [7, 11) is -3.92. The Labute approximate surface area is 119 Å². The molecule has 0 aliphatic rings. The molecule has 0 aliphatic heterocycles. The van der Waals surface area contributed by atoms with E-state index in [0.717, 1.165) is 5.56 Å². The number of aromatic nitrogens is 1. The molecule has 1 heterocycles. The Morgan fingerprint density at radius 2 is 1.84 bits per heavy atom. The van der Waals surface area contributed by atoms with Gasteiger partial charge in [-0.05, 0) is 27.1 Å². The third kappa shape index (κ3) is 3.12. The van der Waals surface area contributed by atoms with Crippen molar-refractivity contribution in [3.8, 4) is 0 Å². The van der Waals surface area contributed by atoms with Crippen molar-refractivity contribution in [2.75, 3.05) is 5.73 Å². The van der Waals surface area contributed by atoms with Crippen LogP contribution in [0.1, 0.15) is 11.1 Å². The van der Waals surface area contributed by atoms with Gasteiger partial charge in [0.25, 0.3) is 0 Å². The molecule has 7 heteroatoms. The second kappa shape index (κ2) is 5.28. The summed E-state index contributed by atoms with van der Waals surface area (Å²) in [6.07, 6.45) is 1.88. The van der Waals surface area contributed by atoms with Crippen LogP contribution in [0.5, 0.6) is 0 Å². The highest BCUT2D eigenvalue weighted by molar-refractivity contribution is 9.10. The molecule has 0 amide bonds. The Kier molecular flexibility index (Phi) is 3.88. The van der Waals surface area contributed by atoms with Crippen LogP contribution in [0, 0.1) is 0 Å². The Balaban J connectivity index is 2.60. The number of anilines is 1. The number of benzene rings is 1. The van der Waals surface area contributed by atoms with Gasteiger partial charge in [0.1, 0.15) is 10.7 Å². The topological polar surface area (TPSA) is 99.1 Å². The van der Waals surface area contributed by atoms with Gasteiger partial charge in [0.2, 0.25) is 10.0 Å². The first kappa shape index (κ1) is 14.0. The smallest absolute Gasteiger partial charge is 0.242 e. The van der Waals surface area contributed by atoms with Gasteiger partial charge >= 0.3 is 0 Å². The second-order valence-electron chi connectivity index (χ2n) is 4.01. The van der Waals surface area contributed by atoms with Crippen LogP contribution in [0.2, 0.25) is 0 Å². The lowest BCUT2D eigenvalue weighted by Crippen LogP contribution is -2.18. The second-order valence-corrected chi connectivity index (χ2v) is 6.36. The van der Waals surface area contributed by atoms with E-state index in [1.807, 2.05) is 30.3 Å². The van der Waals surface area contributed by atoms with Crippen molar-refractivity contribution in [2.24, 2.45) is 5.14 Å². The predicted octanol–water partition coefficient (Wildman–Crippen LogP) is 1.66. The monoisotopic (exact) mass is 341 g/mol. The SMILES string of the molecule is Nc1ncc(Br)c(Cc2ccccc2)c1S(N)(=O)=O. The van der Waals surface area contributed by atoms with Crippen LogP contribution in [-0.4, -0.2) is 13.4 Å². The highest BCUT2D eigenvalue weighted by Gasteiger charge is 2.21. The molecule has 5 nitrogen and oxygen atoms in total. The van der Waals surface area contributed by atoms with Crippen molar-refractivity contribution < 1.29 is 8.42 Å². The molecule has 100 valence electrons. The van der Waals surface area contributed by atoms with Crippen LogP contribution in [-0.2, 0) is 16.4 Å². The van der Waals surface area contributed by atoms with Crippen molar-refractivity contribution in [2.45, 2.75) is 11.3 Å². The Bertz CT molecular complexity index is 702. The number of sulfonamides is 1. The molecule has 0 radical (unpaired) electrons. The van der Waals surface area contributed by atoms with Crippen molar-refractivity contribution in [3.05, 3.63) is 52.1 Å². The molecule has 0 atom stereocenters. The molecular formula is C12H12BrN3O2S. The first-order valence-electron chi connectivity index (χ1n) is 5.39. The molecule has 0 saturated heterocycles. The standard InChI is InChI=1S/C12H12BrN3O2S/c13-10-7-16-12(14)11(19(15,17)18)9(10)6-8-4-2-1-3-5-8/h1-5,7H,6H2,(H2,14,16)(H2,15,17,18). The number of nitrogen functional groups attached to an aromatic ring is 1. The maximum atomic E-state index is 11.7. The molecule has 2 aromatic rings. The molecule has 0 spiro atoms. The van der Waals surface area contributed by atoms with Gasteiger partial charge in [0, 0.05) is 17.1 Å². The fraction of sp³-hybridized carbons (Fsp3) is 0.0833. The third-order valence-corrected chi connectivity index (χ3v) is 4.33. The minimum Gasteiger partial charge on any atom is -0.383 e. The van der Waals surface area contributed by atoms with Crippen LogP contribution >= 0.6 is 15.9 Å². The Morgan fingerprint density at radius 1 is 1.21 bits per heavy atom. The van der Waals surface area contributed by atoms with Gasteiger partial charge in [-0.25, -0.2) is 18.5 Å². The van der Waals surface area contributed by atoms with Gasteiger partial charge in [-0.1, -0.05) is 30.3 Å². The van der Waals surface area contributed by atoms with Gasteiger partial charge in [0.05, 0.1) is 0 Å². The number of nitrogens with zero attached hydrogens (tertiary/aromatic N) is 1. The van der Waals surface area contributed by atoms with Crippen LogP contribution in [0.15, 0.2) is 45.9 Å². The summed E-state index contributed by atoms with van der Waals surface area (Å²) >= 11 is 3.29. The van der Waals surface area contributed by atoms with E-state index in [4.69, 9.17) is 10.9 Å². The lowest BCUT2D eigenvalue weighted by atomic mass is 10.1. The van der Waals surface area contributed by atoms with Crippen molar-refractivity contribution in [1.29, 1.82) is 0 Å². The van der Waals surface area contributed by atoms with E-state index in [1.54, 1.807) is 0 Å². The molecule has 1 aromatic heterocycles. The van der Waals surface area contributed by atoms with Crippen molar-refractivity contribution in [3.63, 3.8) is 0 Å². The maximum Gasteiger partial charge on any atom is 0.242 e. The molecule has 4 N–H and O–H groups in total. The van der Waals surface area contributed by atoms with Crippen LogP contribution in [0.25, 0.3) is 0 Å². The molecule has 0 saturated carbocycles. The number of hydrogen-bond donors (Lipinski definition) is 2. The number of hydrogen-bond acceptors (Lipinski definition) is 4.